The highest BCUT2D eigenvalue weighted by Gasteiger charge is 2.37. The molecule has 1 aromatic heterocycles. The Morgan fingerprint density at radius 2 is 1.54 bits per heavy atom. The first-order valence-corrected chi connectivity index (χ1v) is 12.5. The van der Waals surface area contributed by atoms with Crippen LogP contribution in [0.3, 0.4) is 0 Å². The maximum absolute atomic E-state index is 13.2. The highest BCUT2D eigenvalue weighted by molar-refractivity contribution is 9.10. The number of carbonyl (C=O) groups is 2. The molecular weight excluding hydrogens is 502 g/mol. The van der Waals surface area contributed by atoms with E-state index in [0.29, 0.717) is 17.5 Å². The first kappa shape index (κ1) is 23.3. The lowest BCUT2D eigenvalue weighted by Crippen LogP contribution is -2.28. The SMILES string of the molecule is CC1(C)CC(=O)c2cc(C(OC(=O)c3ccccc3)c3ccc(Br)cc3)n(-c3ccccc3)c2C1. The van der Waals surface area contributed by atoms with E-state index in [1.165, 1.54) is 0 Å². The summed E-state index contributed by atoms with van der Waals surface area (Å²) in [7, 11) is 0. The fourth-order valence-corrected chi connectivity index (χ4v) is 5.06. The number of rotatable bonds is 5. The van der Waals surface area contributed by atoms with Gasteiger partial charge in [0.15, 0.2) is 11.9 Å². The van der Waals surface area contributed by atoms with Crippen molar-refractivity contribution in [3.63, 3.8) is 0 Å². The normalized spacial score (nSPS) is 15.3. The van der Waals surface area contributed by atoms with Gasteiger partial charge < -0.3 is 9.30 Å². The first-order chi connectivity index (χ1) is 16.8. The number of para-hydroxylation sites is 1. The van der Waals surface area contributed by atoms with E-state index in [4.69, 9.17) is 4.74 Å². The summed E-state index contributed by atoms with van der Waals surface area (Å²) >= 11 is 3.50. The van der Waals surface area contributed by atoms with Gasteiger partial charge in [-0.1, -0.05) is 78.3 Å². The van der Waals surface area contributed by atoms with Crippen LogP contribution in [0.5, 0.6) is 0 Å². The van der Waals surface area contributed by atoms with Crippen molar-refractivity contribution in [3.8, 4) is 5.69 Å². The molecule has 0 saturated heterocycles. The minimum absolute atomic E-state index is 0.121. The maximum atomic E-state index is 13.2. The number of aromatic nitrogens is 1. The summed E-state index contributed by atoms with van der Waals surface area (Å²) in [5.74, 6) is -0.292. The Morgan fingerprint density at radius 3 is 2.20 bits per heavy atom. The molecular formula is C30H26BrNO3. The fourth-order valence-electron chi connectivity index (χ4n) is 4.79. The minimum atomic E-state index is -0.697. The number of esters is 1. The number of ketones is 1. The van der Waals surface area contributed by atoms with E-state index >= 15 is 0 Å². The molecule has 1 heterocycles. The molecule has 35 heavy (non-hydrogen) atoms. The van der Waals surface area contributed by atoms with Crippen molar-refractivity contribution in [2.45, 2.75) is 32.8 Å². The summed E-state index contributed by atoms with van der Waals surface area (Å²) in [6.07, 6.45) is 0.547. The van der Waals surface area contributed by atoms with Crippen molar-refractivity contribution in [1.82, 2.24) is 4.57 Å². The average molecular weight is 528 g/mol. The van der Waals surface area contributed by atoms with Crippen LogP contribution in [0.4, 0.5) is 0 Å². The highest BCUT2D eigenvalue weighted by Crippen LogP contribution is 2.41. The van der Waals surface area contributed by atoms with Crippen LogP contribution in [0.1, 0.15) is 64.0 Å². The van der Waals surface area contributed by atoms with Crippen molar-refractivity contribution in [2.75, 3.05) is 0 Å². The van der Waals surface area contributed by atoms with E-state index in [1.54, 1.807) is 12.1 Å². The predicted octanol–water partition coefficient (Wildman–Crippen LogP) is 7.34. The maximum Gasteiger partial charge on any atom is 0.339 e. The summed E-state index contributed by atoms with van der Waals surface area (Å²) in [5, 5.41) is 0. The second kappa shape index (κ2) is 9.31. The second-order valence-corrected chi connectivity index (χ2v) is 10.7. The van der Waals surface area contributed by atoms with Crippen LogP contribution in [0.25, 0.3) is 5.69 Å². The van der Waals surface area contributed by atoms with Gasteiger partial charge in [0.1, 0.15) is 0 Å². The molecule has 5 rings (SSSR count). The van der Waals surface area contributed by atoms with E-state index < -0.39 is 12.1 Å². The van der Waals surface area contributed by atoms with Gasteiger partial charge in [-0.15, -0.1) is 0 Å². The molecule has 0 bridgehead atoms. The third-order valence-electron chi connectivity index (χ3n) is 6.41. The molecule has 0 aliphatic heterocycles. The van der Waals surface area contributed by atoms with Gasteiger partial charge in [0, 0.05) is 27.8 Å². The van der Waals surface area contributed by atoms with Gasteiger partial charge in [-0.25, -0.2) is 4.79 Å². The molecule has 176 valence electrons. The summed E-state index contributed by atoms with van der Waals surface area (Å²) in [4.78, 5) is 26.4. The lowest BCUT2D eigenvalue weighted by molar-refractivity contribution is 0.0367. The predicted molar refractivity (Wildman–Crippen MR) is 140 cm³/mol. The van der Waals surface area contributed by atoms with Crippen molar-refractivity contribution >= 4 is 27.7 Å². The van der Waals surface area contributed by atoms with Crippen molar-refractivity contribution in [3.05, 3.63) is 124 Å². The van der Waals surface area contributed by atoms with Gasteiger partial charge in [0.25, 0.3) is 0 Å². The van der Waals surface area contributed by atoms with Crippen LogP contribution in [0, 0.1) is 5.41 Å². The van der Waals surface area contributed by atoms with Gasteiger partial charge in [-0.3, -0.25) is 4.79 Å². The molecule has 0 saturated carbocycles. The molecule has 5 heteroatoms. The molecule has 0 N–H and O–H groups in total. The number of hydrogen-bond donors (Lipinski definition) is 0. The van der Waals surface area contributed by atoms with E-state index in [0.717, 1.165) is 33.5 Å². The van der Waals surface area contributed by atoms with E-state index in [2.05, 4.69) is 34.3 Å². The van der Waals surface area contributed by atoms with Gasteiger partial charge >= 0.3 is 5.97 Å². The van der Waals surface area contributed by atoms with Gasteiger partial charge in [-0.2, -0.15) is 0 Å². The van der Waals surface area contributed by atoms with Crippen LogP contribution in [0.15, 0.2) is 95.5 Å². The summed E-state index contributed by atoms with van der Waals surface area (Å²) in [6, 6.07) is 28.6. The lowest BCUT2D eigenvalue weighted by atomic mass is 9.76. The molecule has 1 aliphatic carbocycles. The van der Waals surface area contributed by atoms with Crippen LogP contribution in [-0.2, 0) is 11.2 Å². The van der Waals surface area contributed by atoms with Crippen molar-refractivity contribution < 1.29 is 14.3 Å². The lowest BCUT2D eigenvalue weighted by Gasteiger charge is -2.30. The van der Waals surface area contributed by atoms with Crippen LogP contribution >= 0.6 is 15.9 Å². The monoisotopic (exact) mass is 527 g/mol. The molecule has 0 fully saturated rings. The van der Waals surface area contributed by atoms with Gasteiger partial charge in [-0.05, 0) is 59.9 Å². The molecule has 0 amide bonds. The van der Waals surface area contributed by atoms with E-state index in [1.807, 2.05) is 78.9 Å². The Bertz CT molecular complexity index is 1370. The molecule has 1 atom stereocenters. The summed E-state index contributed by atoms with van der Waals surface area (Å²) in [5.41, 5.74) is 4.53. The van der Waals surface area contributed by atoms with Gasteiger partial charge in [0.05, 0.1) is 11.3 Å². The van der Waals surface area contributed by atoms with Crippen molar-refractivity contribution in [1.29, 1.82) is 0 Å². The van der Waals surface area contributed by atoms with Crippen LogP contribution in [-0.4, -0.2) is 16.3 Å². The number of ether oxygens (including phenoxy) is 1. The van der Waals surface area contributed by atoms with E-state index in [9.17, 15) is 9.59 Å². The number of hydrogen-bond acceptors (Lipinski definition) is 3. The zero-order chi connectivity index (χ0) is 24.6. The Hall–Kier alpha value is -3.44. The number of carbonyl (C=O) groups excluding carboxylic acids is 2. The van der Waals surface area contributed by atoms with Crippen LogP contribution < -0.4 is 0 Å². The highest BCUT2D eigenvalue weighted by atomic mass is 79.9. The largest absolute Gasteiger partial charge is 0.447 e. The number of fused-ring (bicyclic) bond motifs is 1. The summed E-state index contributed by atoms with van der Waals surface area (Å²) in [6.45, 7) is 4.25. The quantitative estimate of drug-likeness (QED) is 0.255. The standard InChI is InChI=1S/C30H26BrNO3/c1-30(2)18-26-24(27(33)19-30)17-25(32(26)23-11-7-4-8-12-23)28(20-13-15-22(31)16-14-20)35-29(34)21-9-5-3-6-10-21/h3-17,28H,18-19H2,1-2H3. The molecule has 3 aromatic carbocycles. The Labute approximate surface area is 213 Å². The average Bonchev–Trinajstić information content (AvgIpc) is 3.22. The molecule has 1 unspecified atom stereocenters. The van der Waals surface area contributed by atoms with Gasteiger partial charge in [0.2, 0.25) is 0 Å². The third kappa shape index (κ3) is 4.73. The third-order valence-corrected chi connectivity index (χ3v) is 6.94. The Morgan fingerprint density at radius 1 is 0.914 bits per heavy atom. The zero-order valence-electron chi connectivity index (χ0n) is 19.7. The number of halogens is 1. The smallest absolute Gasteiger partial charge is 0.339 e. The molecule has 0 radical (unpaired) electrons. The second-order valence-electron chi connectivity index (χ2n) is 9.74. The molecule has 4 aromatic rings. The fraction of sp³-hybridized carbons (Fsp3) is 0.200. The number of nitrogens with zero attached hydrogens (tertiary/aromatic N) is 1. The molecule has 1 aliphatic rings. The summed E-state index contributed by atoms with van der Waals surface area (Å²) < 4.78 is 9.23. The number of Topliss-reactive ketones (excluding diaryl/α,β-unsaturated/α-hetero) is 1. The van der Waals surface area contributed by atoms with E-state index in [-0.39, 0.29) is 11.2 Å². The Kier molecular flexibility index (Phi) is 6.20. The molecule has 4 nitrogen and oxygen atoms in total. The topological polar surface area (TPSA) is 48.3 Å². The number of benzene rings is 3. The first-order valence-electron chi connectivity index (χ1n) is 11.7. The molecule has 0 spiro atoms. The zero-order valence-corrected chi connectivity index (χ0v) is 21.3. The minimum Gasteiger partial charge on any atom is -0.447 e. The van der Waals surface area contributed by atoms with Crippen molar-refractivity contribution in [2.24, 2.45) is 5.41 Å². The Balaban J connectivity index is 1.70. The van der Waals surface area contributed by atoms with Crippen LogP contribution in [0.2, 0.25) is 0 Å².